The highest BCUT2D eigenvalue weighted by Gasteiger charge is 2.33. The number of carbonyl (C=O) groups is 3. The molecule has 3 aromatic carbocycles. The summed E-state index contributed by atoms with van der Waals surface area (Å²) in [7, 11) is -3.92. The maximum Gasteiger partial charge on any atom is 0.244 e. The maximum atomic E-state index is 14.1. The minimum absolute atomic E-state index is 0.111. The first-order valence-electron chi connectivity index (χ1n) is 13.1. The lowest BCUT2D eigenvalue weighted by Gasteiger charge is -2.34. The van der Waals surface area contributed by atoms with E-state index in [4.69, 9.17) is 0 Å². The summed E-state index contributed by atoms with van der Waals surface area (Å²) in [6.07, 6.45) is 1.26. The zero-order valence-corrected chi connectivity index (χ0v) is 24.4. The zero-order chi connectivity index (χ0) is 29.4. The summed E-state index contributed by atoms with van der Waals surface area (Å²) in [4.78, 5) is 41.1. The number of amides is 2. The van der Waals surface area contributed by atoms with E-state index >= 15 is 0 Å². The van der Waals surface area contributed by atoms with Gasteiger partial charge in [0.25, 0.3) is 0 Å². The second kappa shape index (κ2) is 13.4. The van der Waals surface area contributed by atoms with Crippen molar-refractivity contribution in [1.82, 2.24) is 10.2 Å². The largest absolute Gasteiger partial charge is 0.352 e. The van der Waals surface area contributed by atoms with Gasteiger partial charge in [0.05, 0.1) is 11.9 Å². The van der Waals surface area contributed by atoms with Crippen molar-refractivity contribution < 1.29 is 22.8 Å². The van der Waals surface area contributed by atoms with Crippen molar-refractivity contribution in [1.29, 1.82) is 0 Å². The van der Waals surface area contributed by atoms with Crippen LogP contribution in [0.3, 0.4) is 0 Å². The normalized spacial score (nSPS) is 12.1. The minimum Gasteiger partial charge on any atom is -0.352 e. The van der Waals surface area contributed by atoms with Gasteiger partial charge in [-0.3, -0.25) is 18.7 Å². The van der Waals surface area contributed by atoms with E-state index < -0.39 is 28.5 Å². The Kier molecular flexibility index (Phi) is 10.2. The number of rotatable bonds is 12. The van der Waals surface area contributed by atoms with E-state index in [1.165, 1.54) is 17.9 Å². The molecule has 1 atom stereocenters. The third kappa shape index (κ3) is 8.26. The second-order valence-corrected chi connectivity index (χ2v) is 12.1. The number of benzene rings is 3. The summed E-state index contributed by atoms with van der Waals surface area (Å²) in [6.45, 7) is 6.58. The third-order valence-electron chi connectivity index (χ3n) is 6.52. The minimum atomic E-state index is -3.92. The molecule has 0 aliphatic heterocycles. The highest BCUT2D eigenvalue weighted by Crippen LogP contribution is 2.22. The molecule has 0 spiro atoms. The number of hydrogen-bond acceptors (Lipinski definition) is 5. The smallest absolute Gasteiger partial charge is 0.244 e. The molecule has 0 aliphatic carbocycles. The van der Waals surface area contributed by atoms with Crippen LogP contribution in [0.15, 0.2) is 78.9 Å². The molecule has 0 saturated heterocycles. The van der Waals surface area contributed by atoms with Gasteiger partial charge in [0, 0.05) is 24.6 Å². The highest BCUT2D eigenvalue weighted by atomic mass is 32.2. The van der Waals surface area contributed by atoms with Crippen LogP contribution in [0.4, 0.5) is 5.69 Å². The van der Waals surface area contributed by atoms with Crippen LogP contribution in [-0.2, 0) is 32.6 Å². The number of ketones is 1. The Labute approximate surface area is 237 Å². The number of carbonyl (C=O) groups excluding carboxylic acids is 3. The molecule has 0 bridgehead atoms. The quantitative estimate of drug-likeness (QED) is 0.334. The van der Waals surface area contributed by atoms with Gasteiger partial charge in [-0.2, -0.15) is 0 Å². The summed E-state index contributed by atoms with van der Waals surface area (Å²) in [6, 6.07) is 22.1. The number of nitrogens with zero attached hydrogens (tertiary/aromatic N) is 2. The van der Waals surface area contributed by atoms with Gasteiger partial charge in [0.1, 0.15) is 12.6 Å². The van der Waals surface area contributed by atoms with Crippen molar-refractivity contribution in [2.24, 2.45) is 0 Å². The van der Waals surface area contributed by atoms with E-state index in [1.807, 2.05) is 75.4 Å². The maximum absolute atomic E-state index is 14.1. The first-order chi connectivity index (χ1) is 18.9. The van der Waals surface area contributed by atoms with Crippen LogP contribution in [-0.4, -0.2) is 55.8 Å². The van der Waals surface area contributed by atoms with E-state index in [9.17, 15) is 22.8 Å². The monoisotopic (exact) mass is 563 g/mol. The Bertz CT molecular complexity index is 1450. The Hall–Kier alpha value is -3.98. The lowest BCUT2D eigenvalue weighted by molar-refractivity contribution is -0.140. The molecule has 8 nitrogen and oxygen atoms in total. The number of anilines is 1. The molecule has 3 aromatic rings. The van der Waals surface area contributed by atoms with Crippen molar-refractivity contribution in [3.63, 3.8) is 0 Å². The Morgan fingerprint density at radius 3 is 2.15 bits per heavy atom. The number of Topliss-reactive ketones (excluding diaryl/α,β-unsaturated/α-hetero) is 1. The van der Waals surface area contributed by atoms with Crippen LogP contribution in [0.2, 0.25) is 0 Å². The molecule has 9 heteroatoms. The van der Waals surface area contributed by atoms with E-state index in [-0.39, 0.29) is 36.4 Å². The lowest BCUT2D eigenvalue weighted by atomic mass is 10.0. The molecule has 212 valence electrons. The van der Waals surface area contributed by atoms with Crippen LogP contribution >= 0.6 is 0 Å². The zero-order valence-electron chi connectivity index (χ0n) is 23.6. The van der Waals surface area contributed by atoms with Crippen molar-refractivity contribution in [3.05, 3.63) is 101 Å². The summed E-state index contributed by atoms with van der Waals surface area (Å²) in [5.74, 6) is -1.09. The van der Waals surface area contributed by atoms with E-state index in [0.717, 1.165) is 27.3 Å². The van der Waals surface area contributed by atoms with Crippen LogP contribution in [0, 0.1) is 6.92 Å². The van der Waals surface area contributed by atoms with Gasteiger partial charge in [-0.25, -0.2) is 8.42 Å². The van der Waals surface area contributed by atoms with Gasteiger partial charge in [0.2, 0.25) is 21.8 Å². The first-order valence-corrected chi connectivity index (χ1v) is 15.0. The van der Waals surface area contributed by atoms with Crippen molar-refractivity contribution >= 4 is 33.3 Å². The number of sulfonamides is 1. The molecule has 0 saturated carbocycles. The van der Waals surface area contributed by atoms with E-state index in [2.05, 4.69) is 5.32 Å². The Morgan fingerprint density at radius 2 is 1.55 bits per heavy atom. The fourth-order valence-corrected chi connectivity index (χ4v) is 5.24. The fraction of sp³-hybridized carbons (Fsp3) is 0.323. The summed E-state index contributed by atoms with van der Waals surface area (Å²) in [5.41, 5.74) is 3.18. The van der Waals surface area contributed by atoms with Crippen LogP contribution in [0.5, 0.6) is 0 Å². The molecule has 40 heavy (non-hydrogen) atoms. The molecule has 0 radical (unpaired) electrons. The topological polar surface area (TPSA) is 104 Å². The molecule has 3 rings (SSSR count). The highest BCUT2D eigenvalue weighted by molar-refractivity contribution is 7.92. The molecule has 1 N–H and O–H groups in total. The molecule has 1 unspecified atom stereocenters. The lowest BCUT2D eigenvalue weighted by Crippen LogP contribution is -2.54. The van der Waals surface area contributed by atoms with Crippen molar-refractivity contribution in [2.45, 2.75) is 52.7 Å². The van der Waals surface area contributed by atoms with Gasteiger partial charge in [-0.05, 0) is 56.5 Å². The Morgan fingerprint density at radius 1 is 0.900 bits per heavy atom. The van der Waals surface area contributed by atoms with Crippen LogP contribution < -0.4 is 9.62 Å². The van der Waals surface area contributed by atoms with Crippen LogP contribution in [0.1, 0.15) is 47.8 Å². The van der Waals surface area contributed by atoms with Crippen molar-refractivity contribution in [3.8, 4) is 0 Å². The second-order valence-electron chi connectivity index (χ2n) is 10.2. The van der Waals surface area contributed by atoms with Gasteiger partial charge in [0.15, 0.2) is 5.78 Å². The summed E-state index contributed by atoms with van der Waals surface area (Å²) >= 11 is 0. The predicted molar refractivity (Wildman–Crippen MR) is 158 cm³/mol. The molecule has 0 aromatic heterocycles. The molecule has 2 amide bonds. The number of aryl methyl sites for hydroxylation is 1. The van der Waals surface area contributed by atoms with E-state index in [0.29, 0.717) is 5.56 Å². The fourth-order valence-electron chi connectivity index (χ4n) is 4.40. The summed E-state index contributed by atoms with van der Waals surface area (Å²) < 4.78 is 26.8. The first kappa shape index (κ1) is 30.6. The summed E-state index contributed by atoms with van der Waals surface area (Å²) in [5, 5.41) is 2.93. The average molecular weight is 564 g/mol. The van der Waals surface area contributed by atoms with Gasteiger partial charge in [-0.1, -0.05) is 66.7 Å². The van der Waals surface area contributed by atoms with E-state index in [1.54, 1.807) is 18.2 Å². The van der Waals surface area contributed by atoms with Crippen LogP contribution in [0.25, 0.3) is 0 Å². The SMILES string of the molecule is CC(=O)c1cccc(N(CC(=O)N(Cc2ccccc2C)C(Cc2ccccc2)C(=O)NC(C)C)S(C)(=O)=O)c1. The molecule has 0 heterocycles. The molecule has 0 aliphatic rings. The standard InChI is InChI=1S/C31H37N3O5S/c1-22(2)32-31(37)29(18-25-13-7-6-8-14-25)33(20-27-15-10-9-12-23(27)3)30(36)21-34(40(5,38)39)28-17-11-16-26(19-28)24(4)35/h6-17,19,22,29H,18,20-21H2,1-5H3,(H,32,37). The molecular weight excluding hydrogens is 526 g/mol. The molecule has 0 fully saturated rings. The Balaban J connectivity index is 2.08. The predicted octanol–water partition coefficient (Wildman–Crippen LogP) is 4.13. The average Bonchev–Trinajstić information content (AvgIpc) is 2.89. The third-order valence-corrected chi connectivity index (χ3v) is 7.66. The van der Waals surface area contributed by atoms with Crippen molar-refractivity contribution in [2.75, 3.05) is 17.1 Å². The van der Waals surface area contributed by atoms with Gasteiger partial charge >= 0.3 is 0 Å². The molecular formula is C31H37N3O5S. The number of hydrogen-bond donors (Lipinski definition) is 1. The van der Waals surface area contributed by atoms with Gasteiger partial charge in [-0.15, -0.1) is 0 Å². The number of nitrogens with one attached hydrogen (secondary N) is 1. The van der Waals surface area contributed by atoms with Gasteiger partial charge < -0.3 is 10.2 Å².